The van der Waals surface area contributed by atoms with Crippen LogP contribution in [-0.4, -0.2) is 13.0 Å². The number of rotatable bonds is 6. The Bertz CT molecular complexity index is 1660. The Morgan fingerprint density at radius 3 is 2.35 bits per heavy atom. The maximum Gasteiger partial charge on any atom is 0.308 e. The molecular weight excluding hydrogens is 488 g/mol. The summed E-state index contributed by atoms with van der Waals surface area (Å²) in [6, 6.07) is 28.9. The molecule has 0 radical (unpaired) electrons. The molecule has 0 spiro atoms. The maximum absolute atomic E-state index is 13.2. The smallest absolute Gasteiger partial charge is 0.294 e. The Labute approximate surface area is 205 Å². The summed E-state index contributed by atoms with van der Waals surface area (Å²) in [4.78, 5) is 12.6. The molecule has 0 saturated heterocycles. The first-order valence-electron chi connectivity index (χ1n) is 10.5. The van der Waals surface area contributed by atoms with Gasteiger partial charge in [0.05, 0.1) is 27.3 Å². The van der Waals surface area contributed by atoms with Gasteiger partial charge in [0.15, 0.2) is 0 Å². The lowest BCUT2D eigenvalue weighted by Crippen LogP contribution is -2.14. The Balaban J connectivity index is 1.50. The van der Waals surface area contributed by atoms with Crippen LogP contribution in [0.3, 0.4) is 0 Å². The van der Waals surface area contributed by atoms with Crippen molar-refractivity contribution in [2.45, 2.75) is 11.4 Å². The zero-order valence-corrected chi connectivity index (χ0v) is 20.2. The molecule has 8 heteroatoms. The third-order valence-corrected chi connectivity index (χ3v) is 8.17. The Morgan fingerprint density at radius 1 is 0.853 bits per heavy atom. The fourth-order valence-corrected chi connectivity index (χ4v) is 6.11. The molecule has 1 N–H and O–H groups in total. The lowest BCUT2D eigenvalue weighted by molar-refractivity contribution is 0.601. The van der Waals surface area contributed by atoms with Crippen LogP contribution < -0.4 is 9.60 Å². The molecule has 5 rings (SSSR count). The van der Waals surface area contributed by atoms with Gasteiger partial charge in [-0.2, -0.15) is 0 Å². The Kier molecular flexibility index (Phi) is 6.00. The number of sulfonamides is 1. The molecule has 0 saturated carbocycles. The number of halogens is 1. The van der Waals surface area contributed by atoms with E-state index in [1.807, 2.05) is 60.7 Å². The van der Waals surface area contributed by atoms with Crippen molar-refractivity contribution in [2.75, 3.05) is 4.72 Å². The monoisotopic (exact) mass is 506 g/mol. The minimum Gasteiger partial charge on any atom is -0.294 e. The zero-order chi connectivity index (χ0) is 23.7. The average molecular weight is 507 g/mol. The van der Waals surface area contributed by atoms with Gasteiger partial charge in [-0.1, -0.05) is 89.7 Å². The summed E-state index contributed by atoms with van der Waals surface area (Å²) in [6.07, 6.45) is 0. The fourth-order valence-electron chi connectivity index (χ4n) is 3.81. The SMILES string of the molecule is O=c1sc2cc(S(=O)(=O)Nc3ccccc3-c3ccccc3)ccc2n1Cc1ccccc1Cl. The first-order valence-corrected chi connectivity index (χ1v) is 13.1. The van der Waals surface area contributed by atoms with Gasteiger partial charge in [0.1, 0.15) is 0 Å². The van der Waals surface area contributed by atoms with E-state index in [0.29, 0.717) is 27.5 Å². The highest BCUT2D eigenvalue weighted by molar-refractivity contribution is 7.92. The van der Waals surface area contributed by atoms with Crippen molar-refractivity contribution in [3.8, 4) is 11.1 Å². The number of hydrogen-bond donors (Lipinski definition) is 1. The molecule has 34 heavy (non-hydrogen) atoms. The molecule has 170 valence electrons. The first kappa shape index (κ1) is 22.4. The van der Waals surface area contributed by atoms with Crippen LogP contribution in [0.2, 0.25) is 5.02 Å². The van der Waals surface area contributed by atoms with Crippen LogP contribution in [0.15, 0.2) is 107 Å². The number of thiazole rings is 1. The largest absolute Gasteiger partial charge is 0.308 e. The van der Waals surface area contributed by atoms with E-state index in [-0.39, 0.29) is 9.77 Å². The van der Waals surface area contributed by atoms with Gasteiger partial charge in [-0.3, -0.25) is 14.1 Å². The number of nitrogens with zero attached hydrogens (tertiary/aromatic N) is 1. The van der Waals surface area contributed by atoms with Crippen molar-refractivity contribution in [1.29, 1.82) is 0 Å². The van der Waals surface area contributed by atoms with Crippen LogP contribution in [0, 0.1) is 0 Å². The highest BCUT2D eigenvalue weighted by Gasteiger charge is 2.19. The molecule has 5 nitrogen and oxygen atoms in total. The molecule has 0 bridgehead atoms. The van der Waals surface area contributed by atoms with E-state index in [2.05, 4.69) is 4.72 Å². The van der Waals surface area contributed by atoms with Gasteiger partial charge in [0.25, 0.3) is 10.0 Å². The molecule has 1 aromatic heterocycles. The first-order chi connectivity index (χ1) is 16.4. The van der Waals surface area contributed by atoms with Crippen molar-refractivity contribution < 1.29 is 8.42 Å². The molecule has 4 aromatic carbocycles. The second-order valence-corrected chi connectivity index (χ2v) is 10.8. The summed E-state index contributed by atoms with van der Waals surface area (Å²) in [7, 11) is -3.88. The minimum atomic E-state index is -3.88. The lowest BCUT2D eigenvalue weighted by Gasteiger charge is -2.13. The normalized spacial score (nSPS) is 11.6. The van der Waals surface area contributed by atoms with Crippen molar-refractivity contribution in [3.63, 3.8) is 0 Å². The fraction of sp³-hybridized carbons (Fsp3) is 0.0385. The van der Waals surface area contributed by atoms with Gasteiger partial charge in [0, 0.05) is 10.6 Å². The molecule has 0 aliphatic carbocycles. The number of fused-ring (bicyclic) bond motifs is 1. The van der Waals surface area contributed by atoms with Crippen LogP contribution in [0.1, 0.15) is 5.56 Å². The van der Waals surface area contributed by atoms with Gasteiger partial charge < -0.3 is 0 Å². The van der Waals surface area contributed by atoms with Crippen LogP contribution in [-0.2, 0) is 16.6 Å². The van der Waals surface area contributed by atoms with Crippen molar-refractivity contribution in [3.05, 3.63) is 117 Å². The predicted octanol–water partition coefficient (Wildman–Crippen LogP) is 6.23. The number of para-hydroxylation sites is 1. The number of nitrogens with one attached hydrogen (secondary N) is 1. The second-order valence-electron chi connectivity index (χ2n) is 7.69. The van der Waals surface area contributed by atoms with Crippen molar-refractivity contribution in [2.24, 2.45) is 0 Å². The molecular formula is C26H19ClN2O3S2. The van der Waals surface area contributed by atoms with E-state index < -0.39 is 10.0 Å². The molecule has 0 aliphatic rings. The van der Waals surface area contributed by atoms with Crippen LogP contribution in [0.4, 0.5) is 5.69 Å². The van der Waals surface area contributed by atoms with Crippen molar-refractivity contribution in [1.82, 2.24) is 4.57 Å². The molecule has 1 heterocycles. The van der Waals surface area contributed by atoms with E-state index in [1.165, 1.54) is 12.1 Å². The maximum atomic E-state index is 13.2. The number of benzene rings is 4. The third-order valence-electron chi connectivity index (χ3n) is 5.49. The van der Waals surface area contributed by atoms with Gasteiger partial charge in [-0.05, 0) is 41.5 Å². The van der Waals surface area contributed by atoms with E-state index >= 15 is 0 Å². The van der Waals surface area contributed by atoms with Crippen LogP contribution >= 0.6 is 22.9 Å². The van der Waals surface area contributed by atoms with Crippen molar-refractivity contribution >= 4 is 48.9 Å². The predicted molar refractivity (Wildman–Crippen MR) is 139 cm³/mol. The molecule has 0 unspecified atom stereocenters. The molecule has 5 aromatic rings. The Morgan fingerprint density at radius 2 is 1.56 bits per heavy atom. The summed E-state index contributed by atoms with van der Waals surface area (Å²) in [5.41, 5.74) is 3.66. The summed E-state index contributed by atoms with van der Waals surface area (Å²) in [6.45, 7) is 0.313. The van der Waals surface area contributed by atoms with E-state index in [0.717, 1.165) is 28.0 Å². The van der Waals surface area contributed by atoms with Crippen LogP contribution in [0.5, 0.6) is 0 Å². The number of hydrogen-bond acceptors (Lipinski definition) is 4. The van der Waals surface area contributed by atoms with E-state index in [1.54, 1.807) is 28.8 Å². The number of aromatic nitrogens is 1. The number of anilines is 1. The lowest BCUT2D eigenvalue weighted by atomic mass is 10.0. The molecule has 0 fully saturated rings. The van der Waals surface area contributed by atoms with Gasteiger partial charge in [-0.25, -0.2) is 8.42 Å². The van der Waals surface area contributed by atoms with E-state index in [9.17, 15) is 13.2 Å². The summed E-state index contributed by atoms with van der Waals surface area (Å²) < 4.78 is 31.4. The summed E-state index contributed by atoms with van der Waals surface area (Å²) in [5.74, 6) is 0. The zero-order valence-electron chi connectivity index (χ0n) is 17.8. The third kappa shape index (κ3) is 4.37. The Hall–Kier alpha value is -3.39. The summed E-state index contributed by atoms with van der Waals surface area (Å²) in [5, 5.41) is 0.578. The highest BCUT2D eigenvalue weighted by atomic mass is 35.5. The molecule has 0 aliphatic heterocycles. The quantitative estimate of drug-likeness (QED) is 0.296. The molecule has 0 amide bonds. The second kappa shape index (κ2) is 9.10. The van der Waals surface area contributed by atoms with E-state index in [4.69, 9.17) is 11.6 Å². The van der Waals surface area contributed by atoms with Gasteiger partial charge in [-0.15, -0.1) is 0 Å². The topological polar surface area (TPSA) is 68.2 Å². The van der Waals surface area contributed by atoms with Gasteiger partial charge in [0.2, 0.25) is 0 Å². The standard InChI is InChI=1S/C26H19ClN2O3S2/c27-22-12-6-4-10-19(22)17-29-24-15-14-20(16-25(24)33-26(29)30)34(31,32)28-23-13-7-5-11-21(23)18-8-2-1-3-9-18/h1-16,28H,17H2. The molecule has 0 atom stereocenters. The van der Waals surface area contributed by atoms with Gasteiger partial charge >= 0.3 is 4.87 Å². The average Bonchev–Trinajstić information content (AvgIpc) is 3.15. The minimum absolute atomic E-state index is 0.0917. The van der Waals surface area contributed by atoms with Crippen LogP contribution in [0.25, 0.3) is 21.3 Å². The summed E-state index contributed by atoms with van der Waals surface area (Å²) >= 11 is 7.28. The highest BCUT2D eigenvalue weighted by Crippen LogP contribution is 2.30.